The van der Waals surface area contributed by atoms with E-state index in [4.69, 9.17) is 5.73 Å². The first-order valence-electron chi connectivity index (χ1n) is 7.09. The van der Waals surface area contributed by atoms with E-state index in [9.17, 15) is 4.79 Å². The summed E-state index contributed by atoms with van der Waals surface area (Å²) < 4.78 is 2.92. The Morgan fingerprint density at radius 1 is 1.35 bits per heavy atom. The summed E-state index contributed by atoms with van der Waals surface area (Å²) >= 11 is 3.41. The van der Waals surface area contributed by atoms with Crippen LogP contribution in [0.2, 0.25) is 0 Å². The van der Waals surface area contributed by atoms with E-state index in [2.05, 4.69) is 26.2 Å². The van der Waals surface area contributed by atoms with Crippen molar-refractivity contribution in [2.24, 2.45) is 11.1 Å². The lowest BCUT2D eigenvalue weighted by atomic mass is 9.87. The molecule has 1 aromatic carbocycles. The minimum atomic E-state index is -0.592. The van der Waals surface area contributed by atoms with Gasteiger partial charge in [0.15, 0.2) is 0 Å². The molecule has 0 bridgehead atoms. The molecule has 1 aromatic heterocycles. The highest BCUT2D eigenvalue weighted by Crippen LogP contribution is 2.19. The van der Waals surface area contributed by atoms with Crippen LogP contribution in [0, 0.1) is 5.41 Å². The van der Waals surface area contributed by atoms with E-state index < -0.39 is 6.04 Å². The number of imidazole rings is 1. The number of halogens is 2. The molecule has 0 aliphatic carbocycles. The van der Waals surface area contributed by atoms with Crippen molar-refractivity contribution in [3.63, 3.8) is 0 Å². The van der Waals surface area contributed by atoms with Gasteiger partial charge in [0.1, 0.15) is 0 Å². The second-order valence-electron chi connectivity index (χ2n) is 6.34. The fraction of sp³-hybridized carbons (Fsp3) is 0.375. The predicted molar refractivity (Wildman–Crippen MR) is 98.8 cm³/mol. The fourth-order valence-electron chi connectivity index (χ4n) is 1.93. The first-order chi connectivity index (χ1) is 10.3. The lowest BCUT2D eigenvalue weighted by Gasteiger charge is -2.25. The number of rotatable bonds is 4. The van der Waals surface area contributed by atoms with Gasteiger partial charge >= 0.3 is 0 Å². The number of aromatic nitrogens is 2. The Hall–Kier alpha value is -1.37. The SMILES string of the molecule is CC(C)(C)[C@H](N)C(=O)Nc1nccn1Cc1ccc(Br)cc1.Cl. The molecule has 23 heavy (non-hydrogen) atoms. The Morgan fingerprint density at radius 3 is 2.52 bits per heavy atom. The summed E-state index contributed by atoms with van der Waals surface area (Å²) in [6.45, 7) is 6.44. The number of hydrogen-bond donors (Lipinski definition) is 2. The highest BCUT2D eigenvalue weighted by Gasteiger charge is 2.28. The van der Waals surface area contributed by atoms with Crippen molar-refractivity contribution in [3.05, 3.63) is 46.7 Å². The largest absolute Gasteiger partial charge is 0.319 e. The molecule has 0 aliphatic heterocycles. The van der Waals surface area contributed by atoms with Gasteiger partial charge in [-0.1, -0.05) is 48.8 Å². The molecule has 1 heterocycles. The third kappa shape index (κ3) is 5.34. The highest BCUT2D eigenvalue weighted by atomic mass is 79.9. The predicted octanol–water partition coefficient (Wildman–Crippen LogP) is 3.43. The third-order valence-electron chi connectivity index (χ3n) is 3.43. The van der Waals surface area contributed by atoms with Crippen LogP contribution in [0.4, 0.5) is 5.95 Å². The van der Waals surface area contributed by atoms with Crippen molar-refractivity contribution in [2.75, 3.05) is 5.32 Å². The van der Waals surface area contributed by atoms with Crippen LogP contribution in [0.3, 0.4) is 0 Å². The maximum Gasteiger partial charge on any atom is 0.244 e. The monoisotopic (exact) mass is 400 g/mol. The van der Waals surface area contributed by atoms with E-state index in [1.807, 2.05) is 55.8 Å². The second-order valence-corrected chi connectivity index (χ2v) is 7.25. The summed E-state index contributed by atoms with van der Waals surface area (Å²) in [5.41, 5.74) is 6.80. The van der Waals surface area contributed by atoms with Gasteiger partial charge in [0.2, 0.25) is 11.9 Å². The van der Waals surface area contributed by atoms with E-state index in [1.54, 1.807) is 6.20 Å². The average molecular weight is 402 g/mol. The van der Waals surface area contributed by atoms with Crippen LogP contribution >= 0.6 is 28.3 Å². The van der Waals surface area contributed by atoms with Crippen LogP contribution in [-0.4, -0.2) is 21.5 Å². The van der Waals surface area contributed by atoms with Gasteiger partial charge in [-0.15, -0.1) is 12.4 Å². The molecule has 1 atom stereocenters. The summed E-state index contributed by atoms with van der Waals surface area (Å²) in [5, 5.41) is 2.81. The summed E-state index contributed by atoms with van der Waals surface area (Å²) in [5.74, 6) is 0.281. The van der Waals surface area contributed by atoms with Crippen molar-refractivity contribution in [1.29, 1.82) is 0 Å². The molecule has 0 saturated carbocycles. The number of amides is 1. The van der Waals surface area contributed by atoms with Crippen LogP contribution in [0.5, 0.6) is 0 Å². The molecule has 7 heteroatoms. The minimum Gasteiger partial charge on any atom is -0.319 e. The molecule has 1 amide bonds. The summed E-state index contributed by atoms with van der Waals surface area (Å²) in [4.78, 5) is 16.4. The number of benzene rings is 1. The van der Waals surface area contributed by atoms with Crippen molar-refractivity contribution >= 4 is 40.2 Å². The molecule has 0 aliphatic rings. The van der Waals surface area contributed by atoms with Crippen molar-refractivity contribution in [2.45, 2.75) is 33.4 Å². The van der Waals surface area contributed by atoms with E-state index in [-0.39, 0.29) is 23.7 Å². The maximum absolute atomic E-state index is 12.2. The van der Waals surface area contributed by atoms with Crippen molar-refractivity contribution in [1.82, 2.24) is 9.55 Å². The number of nitrogens with two attached hydrogens (primary N) is 1. The Kier molecular flexibility index (Phi) is 6.80. The molecule has 0 unspecified atom stereocenters. The molecule has 2 aromatic rings. The Morgan fingerprint density at radius 2 is 1.96 bits per heavy atom. The highest BCUT2D eigenvalue weighted by molar-refractivity contribution is 9.10. The van der Waals surface area contributed by atoms with E-state index >= 15 is 0 Å². The molecule has 0 radical (unpaired) electrons. The Balaban J connectivity index is 0.00000264. The normalized spacial score (nSPS) is 12.4. The Labute approximate surface area is 151 Å². The quantitative estimate of drug-likeness (QED) is 0.824. The maximum atomic E-state index is 12.2. The number of hydrogen-bond acceptors (Lipinski definition) is 3. The zero-order valence-corrected chi connectivity index (χ0v) is 15.8. The lowest BCUT2D eigenvalue weighted by Crippen LogP contribution is -2.45. The molecule has 126 valence electrons. The van der Waals surface area contributed by atoms with Gasteiger partial charge in [-0.2, -0.15) is 0 Å². The van der Waals surface area contributed by atoms with Gasteiger partial charge in [-0.25, -0.2) is 4.98 Å². The fourth-order valence-corrected chi connectivity index (χ4v) is 2.19. The molecular formula is C16H22BrClN4O. The van der Waals surface area contributed by atoms with Gasteiger partial charge in [0.05, 0.1) is 12.6 Å². The molecule has 0 fully saturated rings. The minimum absolute atomic E-state index is 0. The van der Waals surface area contributed by atoms with E-state index in [0.29, 0.717) is 12.5 Å². The van der Waals surface area contributed by atoms with Gasteiger partial charge < -0.3 is 10.3 Å². The van der Waals surface area contributed by atoms with Gasteiger partial charge in [-0.05, 0) is 23.1 Å². The number of nitrogens with zero attached hydrogens (tertiary/aromatic N) is 2. The van der Waals surface area contributed by atoms with Crippen LogP contribution in [0.25, 0.3) is 0 Å². The smallest absolute Gasteiger partial charge is 0.244 e. The van der Waals surface area contributed by atoms with Crippen LogP contribution in [-0.2, 0) is 11.3 Å². The van der Waals surface area contributed by atoms with Crippen LogP contribution < -0.4 is 11.1 Å². The topological polar surface area (TPSA) is 72.9 Å². The van der Waals surface area contributed by atoms with E-state index in [1.165, 1.54) is 0 Å². The lowest BCUT2D eigenvalue weighted by molar-refractivity contribution is -0.119. The standard InChI is InChI=1S/C16H21BrN4O.ClH/c1-16(2,3)13(18)14(22)20-15-19-8-9-21(15)10-11-4-6-12(17)7-5-11;/h4-9,13H,10,18H2,1-3H3,(H,19,20,22);1H/t13-;/m1./s1. The van der Waals surface area contributed by atoms with Gasteiger partial charge in [-0.3, -0.25) is 10.1 Å². The van der Waals surface area contributed by atoms with E-state index in [0.717, 1.165) is 10.0 Å². The first-order valence-corrected chi connectivity index (χ1v) is 7.88. The summed E-state index contributed by atoms with van der Waals surface area (Å²) in [7, 11) is 0. The zero-order valence-electron chi connectivity index (χ0n) is 13.4. The first kappa shape index (κ1) is 19.7. The molecule has 0 saturated heterocycles. The number of carbonyl (C=O) groups excluding carboxylic acids is 1. The van der Waals surface area contributed by atoms with Crippen LogP contribution in [0.1, 0.15) is 26.3 Å². The number of carbonyl (C=O) groups is 1. The molecular weight excluding hydrogens is 380 g/mol. The third-order valence-corrected chi connectivity index (χ3v) is 3.96. The average Bonchev–Trinajstić information content (AvgIpc) is 2.86. The van der Waals surface area contributed by atoms with Crippen LogP contribution in [0.15, 0.2) is 41.1 Å². The molecule has 3 N–H and O–H groups in total. The number of nitrogens with one attached hydrogen (secondary N) is 1. The second kappa shape index (κ2) is 7.95. The zero-order chi connectivity index (χ0) is 16.3. The Bertz CT molecular complexity index is 649. The number of anilines is 1. The molecule has 5 nitrogen and oxygen atoms in total. The van der Waals surface area contributed by atoms with Gasteiger partial charge in [0.25, 0.3) is 0 Å². The summed E-state index contributed by atoms with van der Waals surface area (Å²) in [6, 6.07) is 7.43. The molecule has 2 rings (SSSR count). The summed E-state index contributed by atoms with van der Waals surface area (Å²) in [6.07, 6.45) is 3.50. The van der Waals surface area contributed by atoms with Crippen molar-refractivity contribution in [3.8, 4) is 0 Å². The van der Waals surface area contributed by atoms with Crippen molar-refractivity contribution < 1.29 is 4.79 Å². The van der Waals surface area contributed by atoms with Gasteiger partial charge in [0, 0.05) is 16.9 Å². The molecule has 0 spiro atoms.